The Morgan fingerprint density at radius 1 is 0.500 bits per heavy atom. The smallest absolute Gasteiger partial charge is 0.111 e. The Balaban J connectivity index is 2.26. The second-order valence-electron chi connectivity index (χ2n) is 11.1. The molecule has 2 aliphatic heterocycles. The first-order valence-electron chi connectivity index (χ1n) is 15.0. The summed E-state index contributed by atoms with van der Waals surface area (Å²) in [5, 5.41) is 81.7. The maximum absolute atomic E-state index is 10.7. The van der Waals surface area contributed by atoms with Gasteiger partial charge in [0, 0.05) is 26.1 Å². The van der Waals surface area contributed by atoms with Crippen LogP contribution in [0.5, 0.6) is 0 Å². The number of hydrogen-bond donors (Lipinski definition) is 8. The first-order chi connectivity index (χ1) is 19.2. The standard InChI is InChI=1S/C28H54O12/c1-3-5-7-9-11-37-17(13-19-23(31)27(35)25(33)21(15-29)39-19)18(38-12-10-8-6-4-2)14-20-24(32)28(36)26(34)22(16-30)40-20/h17-36H,3-16H2,1-2H3/t17?,18?,19-,20-,21+,22+,23-,24-,25+,26+,27+,28+/m0/s1. The third-order valence-electron chi connectivity index (χ3n) is 7.99. The first-order valence-corrected chi connectivity index (χ1v) is 15.0. The number of unbranched alkanes of at least 4 members (excludes halogenated alkanes) is 6. The maximum Gasteiger partial charge on any atom is 0.111 e. The monoisotopic (exact) mass is 582 g/mol. The van der Waals surface area contributed by atoms with Crippen LogP contribution in [0.25, 0.3) is 0 Å². The number of rotatable bonds is 19. The molecule has 0 radical (unpaired) electrons. The fraction of sp³-hybridized carbons (Fsp3) is 1.00. The highest BCUT2D eigenvalue weighted by atomic mass is 16.6. The van der Waals surface area contributed by atoms with Crippen LogP contribution in [0.15, 0.2) is 0 Å². The lowest BCUT2D eigenvalue weighted by atomic mass is 9.88. The van der Waals surface area contributed by atoms with E-state index in [1.165, 1.54) is 0 Å². The molecule has 40 heavy (non-hydrogen) atoms. The SMILES string of the molecule is CCCCCCOC(C[C@@H]1O[C@H](CO)[C@@H](O)[C@H](O)[C@H]1O)C(C[C@@H]1O[C@H](CO)[C@@H](O)[C@H](O)[C@H]1O)OCCCCCC. The molecule has 0 aromatic heterocycles. The third-order valence-corrected chi connectivity index (χ3v) is 7.99. The summed E-state index contributed by atoms with van der Waals surface area (Å²) in [6, 6.07) is 0. The van der Waals surface area contributed by atoms with Gasteiger partial charge in [-0.1, -0.05) is 52.4 Å². The van der Waals surface area contributed by atoms with Crippen LogP contribution in [0.4, 0.5) is 0 Å². The van der Waals surface area contributed by atoms with Gasteiger partial charge in [0.05, 0.1) is 37.6 Å². The zero-order chi connectivity index (χ0) is 29.7. The van der Waals surface area contributed by atoms with Gasteiger partial charge >= 0.3 is 0 Å². The van der Waals surface area contributed by atoms with E-state index in [-0.39, 0.29) is 12.8 Å². The molecule has 2 aliphatic rings. The van der Waals surface area contributed by atoms with Crippen LogP contribution >= 0.6 is 0 Å². The molecule has 2 fully saturated rings. The van der Waals surface area contributed by atoms with Crippen LogP contribution in [-0.4, -0.2) is 141 Å². The fourth-order valence-electron chi connectivity index (χ4n) is 5.39. The van der Waals surface area contributed by atoms with Gasteiger partial charge in [0.1, 0.15) is 48.8 Å². The van der Waals surface area contributed by atoms with Crippen LogP contribution in [0, 0.1) is 0 Å². The minimum absolute atomic E-state index is 0.0479. The van der Waals surface area contributed by atoms with Crippen LogP contribution in [0.3, 0.4) is 0 Å². The van der Waals surface area contributed by atoms with Crippen LogP contribution < -0.4 is 0 Å². The maximum atomic E-state index is 10.7. The van der Waals surface area contributed by atoms with E-state index in [4.69, 9.17) is 18.9 Å². The fourth-order valence-corrected chi connectivity index (χ4v) is 5.39. The summed E-state index contributed by atoms with van der Waals surface area (Å²) in [5.41, 5.74) is 0. The van der Waals surface area contributed by atoms with E-state index < -0.39 is 86.5 Å². The second-order valence-corrected chi connectivity index (χ2v) is 11.1. The largest absolute Gasteiger partial charge is 0.394 e. The van der Waals surface area contributed by atoms with E-state index >= 15 is 0 Å². The van der Waals surface area contributed by atoms with E-state index in [0.29, 0.717) is 13.2 Å². The number of aliphatic hydroxyl groups excluding tert-OH is 8. The summed E-state index contributed by atoms with van der Waals surface area (Å²) in [7, 11) is 0. The van der Waals surface area contributed by atoms with Crippen molar-refractivity contribution in [3.05, 3.63) is 0 Å². The van der Waals surface area contributed by atoms with Gasteiger partial charge in [0.15, 0.2) is 0 Å². The van der Waals surface area contributed by atoms with Gasteiger partial charge in [-0.25, -0.2) is 0 Å². The summed E-state index contributed by atoms with van der Waals surface area (Å²) in [6.45, 7) is 3.87. The zero-order valence-electron chi connectivity index (χ0n) is 24.0. The Kier molecular flexibility index (Phi) is 16.9. The van der Waals surface area contributed by atoms with Crippen molar-refractivity contribution in [2.45, 2.75) is 151 Å². The van der Waals surface area contributed by atoms with Crippen molar-refractivity contribution in [2.24, 2.45) is 0 Å². The topological polar surface area (TPSA) is 199 Å². The number of ether oxygens (including phenoxy) is 4. The van der Waals surface area contributed by atoms with Crippen molar-refractivity contribution >= 4 is 0 Å². The zero-order valence-corrected chi connectivity index (χ0v) is 24.0. The van der Waals surface area contributed by atoms with Crippen molar-refractivity contribution in [2.75, 3.05) is 26.4 Å². The van der Waals surface area contributed by atoms with Crippen LogP contribution in [-0.2, 0) is 18.9 Å². The number of hydrogen-bond acceptors (Lipinski definition) is 12. The average molecular weight is 583 g/mol. The normalized spacial score (nSPS) is 36.5. The molecule has 2 heterocycles. The van der Waals surface area contributed by atoms with Crippen LogP contribution in [0.2, 0.25) is 0 Å². The molecular formula is C28H54O12. The van der Waals surface area contributed by atoms with E-state index in [0.717, 1.165) is 51.4 Å². The van der Waals surface area contributed by atoms with E-state index in [1.807, 2.05) is 0 Å². The Bertz CT molecular complexity index is 599. The lowest BCUT2D eigenvalue weighted by Crippen LogP contribution is -2.60. The van der Waals surface area contributed by atoms with Crippen molar-refractivity contribution in [1.82, 2.24) is 0 Å². The Labute approximate surface area is 237 Å². The molecular weight excluding hydrogens is 528 g/mol. The molecule has 2 saturated heterocycles. The summed E-state index contributed by atoms with van der Waals surface area (Å²) < 4.78 is 24.1. The first kappa shape index (κ1) is 35.7. The molecule has 0 aromatic rings. The molecule has 0 bridgehead atoms. The predicted octanol–water partition coefficient (Wildman–Crippen LogP) is -0.618. The summed E-state index contributed by atoms with van der Waals surface area (Å²) in [6.07, 6.45) is -6.66. The highest BCUT2D eigenvalue weighted by molar-refractivity contribution is 4.96. The van der Waals surface area contributed by atoms with Gasteiger partial charge < -0.3 is 59.8 Å². The van der Waals surface area contributed by atoms with Crippen molar-refractivity contribution in [1.29, 1.82) is 0 Å². The Hall–Kier alpha value is -0.480. The quantitative estimate of drug-likeness (QED) is 0.0900. The average Bonchev–Trinajstić information content (AvgIpc) is 2.95. The highest BCUT2D eigenvalue weighted by Crippen LogP contribution is 2.30. The Morgan fingerprint density at radius 3 is 1.18 bits per heavy atom. The molecule has 0 aromatic carbocycles. The van der Waals surface area contributed by atoms with Crippen LogP contribution in [0.1, 0.15) is 78.1 Å². The molecule has 12 nitrogen and oxygen atoms in total. The van der Waals surface area contributed by atoms with Gasteiger partial charge in [0.2, 0.25) is 0 Å². The van der Waals surface area contributed by atoms with Gasteiger partial charge in [-0.05, 0) is 12.8 Å². The van der Waals surface area contributed by atoms with Crippen molar-refractivity contribution in [3.8, 4) is 0 Å². The molecule has 0 aliphatic carbocycles. The summed E-state index contributed by atoms with van der Waals surface area (Å²) >= 11 is 0. The lowest BCUT2D eigenvalue weighted by Gasteiger charge is -2.43. The highest BCUT2D eigenvalue weighted by Gasteiger charge is 2.47. The molecule has 12 atom stereocenters. The second kappa shape index (κ2) is 18.9. The predicted molar refractivity (Wildman–Crippen MR) is 145 cm³/mol. The molecule has 2 rings (SSSR count). The number of aliphatic hydroxyl groups is 8. The molecule has 8 N–H and O–H groups in total. The minimum atomic E-state index is -1.53. The summed E-state index contributed by atoms with van der Waals surface area (Å²) in [5.74, 6) is 0. The van der Waals surface area contributed by atoms with E-state index in [9.17, 15) is 40.9 Å². The third kappa shape index (κ3) is 10.4. The van der Waals surface area contributed by atoms with Gasteiger partial charge in [-0.3, -0.25) is 0 Å². The van der Waals surface area contributed by atoms with Gasteiger partial charge in [0.25, 0.3) is 0 Å². The molecule has 0 saturated carbocycles. The molecule has 2 unspecified atom stereocenters. The molecule has 0 amide bonds. The van der Waals surface area contributed by atoms with E-state index in [2.05, 4.69) is 13.8 Å². The Morgan fingerprint density at radius 2 is 0.850 bits per heavy atom. The molecule has 238 valence electrons. The van der Waals surface area contributed by atoms with Gasteiger partial charge in [-0.2, -0.15) is 0 Å². The van der Waals surface area contributed by atoms with Crippen molar-refractivity contribution < 1.29 is 59.8 Å². The lowest BCUT2D eigenvalue weighted by molar-refractivity contribution is -0.247. The molecule has 12 heteroatoms. The minimum Gasteiger partial charge on any atom is -0.394 e. The van der Waals surface area contributed by atoms with Crippen molar-refractivity contribution in [3.63, 3.8) is 0 Å². The summed E-state index contributed by atoms with van der Waals surface area (Å²) in [4.78, 5) is 0. The molecule has 0 spiro atoms. The van der Waals surface area contributed by atoms with E-state index in [1.54, 1.807) is 0 Å². The van der Waals surface area contributed by atoms with Gasteiger partial charge in [-0.15, -0.1) is 0 Å².